The zero-order chi connectivity index (χ0) is 7.14. The molecular formula is C8H10O2. The molecule has 2 aliphatic carbocycles. The molecule has 0 bridgehead atoms. The molecule has 1 saturated carbocycles. The second kappa shape index (κ2) is 1.92. The van der Waals surface area contributed by atoms with Crippen LogP contribution in [0.1, 0.15) is 12.8 Å². The maximum absolute atomic E-state index is 10.9. The minimum Gasteiger partial charge on any atom is -0.389 e. The van der Waals surface area contributed by atoms with Crippen molar-refractivity contribution >= 4 is 5.78 Å². The Bertz CT molecular complexity index is 195. The predicted molar refractivity (Wildman–Crippen MR) is 36.4 cm³/mol. The van der Waals surface area contributed by atoms with E-state index in [2.05, 4.69) is 0 Å². The first kappa shape index (κ1) is 6.10. The summed E-state index contributed by atoms with van der Waals surface area (Å²) < 4.78 is 0. The summed E-state index contributed by atoms with van der Waals surface area (Å²) in [6.45, 7) is 0. The van der Waals surface area contributed by atoms with Crippen molar-refractivity contribution in [1.29, 1.82) is 0 Å². The number of aliphatic hydroxyl groups is 1. The van der Waals surface area contributed by atoms with Gasteiger partial charge >= 0.3 is 0 Å². The first-order chi connectivity index (χ1) is 4.79. The van der Waals surface area contributed by atoms with Crippen LogP contribution >= 0.6 is 0 Å². The largest absolute Gasteiger partial charge is 0.389 e. The van der Waals surface area contributed by atoms with Crippen molar-refractivity contribution in [2.75, 3.05) is 0 Å². The zero-order valence-electron chi connectivity index (χ0n) is 5.66. The van der Waals surface area contributed by atoms with E-state index in [0.717, 1.165) is 6.42 Å². The smallest absolute Gasteiger partial charge is 0.140 e. The van der Waals surface area contributed by atoms with Crippen LogP contribution in [0.4, 0.5) is 0 Å². The summed E-state index contributed by atoms with van der Waals surface area (Å²) in [6, 6.07) is 0. The van der Waals surface area contributed by atoms with Crippen LogP contribution in [0.25, 0.3) is 0 Å². The highest BCUT2D eigenvalue weighted by Gasteiger charge is 2.49. The third kappa shape index (κ3) is 0.797. The molecule has 0 spiro atoms. The summed E-state index contributed by atoms with van der Waals surface area (Å²) in [5.41, 5.74) is 0. The molecular weight excluding hydrogens is 128 g/mol. The van der Waals surface area contributed by atoms with E-state index >= 15 is 0 Å². The zero-order valence-corrected chi connectivity index (χ0v) is 5.66. The third-order valence-electron chi connectivity index (χ3n) is 2.35. The monoisotopic (exact) mass is 138 g/mol. The van der Waals surface area contributed by atoms with E-state index in [1.165, 1.54) is 0 Å². The molecule has 1 N–H and O–H groups in total. The highest BCUT2D eigenvalue weighted by molar-refractivity contribution is 5.99. The van der Waals surface area contributed by atoms with Crippen LogP contribution in [0.3, 0.4) is 0 Å². The SMILES string of the molecule is O=C1C2CC=CC(O)CC12. The Morgan fingerprint density at radius 1 is 1.50 bits per heavy atom. The van der Waals surface area contributed by atoms with Crippen molar-refractivity contribution in [3.05, 3.63) is 12.2 Å². The third-order valence-corrected chi connectivity index (χ3v) is 2.35. The number of carbonyl (C=O) groups is 1. The molecule has 0 heterocycles. The van der Waals surface area contributed by atoms with Gasteiger partial charge in [0.2, 0.25) is 0 Å². The first-order valence-corrected chi connectivity index (χ1v) is 3.67. The fraction of sp³-hybridized carbons (Fsp3) is 0.625. The Morgan fingerprint density at radius 2 is 2.30 bits per heavy atom. The number of hydrogen-bond acceptors (Lipinski definition) is 2. The molecule has 10 heavy (non-hydrogen) atoms. The molecule has 54 valence electrons. The topological polar surface area (TPSA) is 37.3 Å². The lowest BCUT2D eigenvalue weighted by molar-refractivity contribution is -0.112. The summed E-state index contributed by atoms with van der Waals surface area (Å²) in [5, 5.41) is 9.16. The highest BCUT2D eigenvalue weighted by Crippen LogP contribution is 2.42. The Balaban J connectivity index is 2.10. The number of aliphatic hydroxyl groups excluding tert-OH is 1. The predicted octanol–water partition coefficient (Wildman–Crippen LogP) is 0.512. The second-order valence-electron chi connectivity index (χ2n) is 3.08. The molecule has 3 atom stereocenters. The Labute approximate surface area is 59.5 Å². The summed E-state index contributed by atoms with van der Waals surface area (Å²) in [4.78, 5) is 10.9. The van der Waals surface area contributed by atoms with Crippen LogP contribution in [0.5, 0.6) is 0 Å². The molecule has 0 radical (unpaired) electrons. The summed E-state index contributed by atoms with van der Waals surface area (Å²) in [7, 11) is 0. The normalized spacial score (nSPS) is 44.5. The van der Waals surface area contributed by atoms with Gasteiger partial charge in [0.15, 0.2) is 0 Å². The van der Waals surface area contributed by atoms with Gasteiger partial charge < -0.3 is 5.11 Å². The lowest BCUT2D eigenvalue weighted by Crippen LogP contribution is -2.02. The minimum absolute atomic E-state index is 0.185. The van der Waals surface area contributed by atoms with Crippen molar-refractivity contribution in [3.8, 4) is 0 Å². The highest BCUT2D eigenvalue weighted by atomic mass is 16.3. The van der Waals surface area contributed by atoms with Crippen molar-refractivity contribution in [2.24, 2.45) is 11.8 Å². The van der Waals surface area contributed by atoms with Crippen molar-refractivity contribution < 1.29 is 9.90 Å². The lowest BCUT2D eigenvalue weighted by Gasteiger charge is -1.98. The molecule has 0 aromatic carbocycles. The van der Waals surface area contributed by atoms with Crippen molar-refractivity contribution in [1.82, 2.24) is 0 Å². The Kier molecular flexibility index (Phi) is 1.17. The summed E-state index contributed by atoms with van der Waals surface area (Å²) in [6.07, 6.45) is 4.83. The molecule has 1 fully saturated rings. The number of fused-ring (bicyclic) bond motifs is 1. The van der Waals surface area contributed by atoms with E-state index in [4.69, 9.17) is 5.11 Å². The fourth-order valence-electron chi connectivity index (χ4n) is 1.63. The minimum atomic E-state index is -0.374. The Hall–Kier alpha value is -0.630. The van der Waals surface area contributed by atoms with E-state index in [1.807, 2.05) is 6.08 Å². The molecule has 0 aromatic rings. The van der Waals surface area contributed by atoms with Crippen LogP contribution in [-0.2, 0) is 4.79 Å². The maximum atomic E-state index is 10.9. The molecule has 2 aliphatic rings. The summed E-state index contributed by atoms with van der Waals surface area (Å²) >= 11 is 0. The second-order valence-corrected chi connectivity index (χ2v) is 3.08. The van der Waals surface area contributed by atoms with Crippen LogP contribution in [-0.4, -0.2) is 17.0 Å². The molecule has 0 amide bonds. The van der Waals surface area contributed by atoms with E-state index < -0.39 is 0 Å². The summed E-state index contributed by atoms with van der Waals surface area (Å²) in [5.74, 6) is 0.793. The van der Waals surface area contributed by atoms with Crippen molar-refractivity contribution in [3.63, 3.8) is 0 Å². The van der Waals surface area contributed by atoms with Gasteiger partial charge in [-0.3, -0.25) is 4.79 Å². The number of allylic oxidation sites excluding steroid dienone is 1. The van der Waals surface area contributed by atoms with Gasteiger partial charge in [0.1, 0.15) is 5.78 Å². The van der Waals surface area contributed by atoms with E-state index in [-0.39, 0.29) is 17.9 Å². The van der Waals surface area contributed by atoms with E-state index in [0.29, 0.717) is 12.2 Å². The first-order valence-electron chi connectivity index (χ1n) is 3.67. The molecule has 2 rings (SSSR count). The van der Waals surface area contributed by atoms with Crippen LogP contribution in [0.15, 0.2) is 12.2 Å². The molecule has 2 heteroatoms. The van der Waals surface area contributed by atoms with E-state index in [9.17, 15) is 4.79 Å². The van der Waals surface area contributed by atoms with Gasteiger partial charge in [0.25, 0.3) is 0 Å². The Morgan fingerprint density at radius 3 is 3.10 bits per heavy atom. The average molecular weight is 138 g/mol. The van der Waals surface area contributed by atoms with Crippen LogP contribution < -0.4 is 0 Å². The van der Waals surface area contributed by atoms with E-state index in [1.54, 1.807) is 6.08 Å². The maximum Gasteiger partial charge on any atom is 0.140 e. The molecule has 0 aromatic heterocycles. The van der Waals surface area contributed by atoms with Gasteiger partial charge in [0, 0.05) is 11.8 Å². The standard InChI is InChI=1S/C8H10O2/c9-5-2-1-3-6-7(4-5)8(6)10/h1-2,5-7,9H,3-4H2. The molecule has 0 aliphatic heterocycles. The fourth-order valence-corrected chi connectivity index (χ4v) is 1.63. The average Bonchev–Trinajstić information content (AvgIpc) is 2.52. The van der Waals surface area contributed by atoms with Gasteiger partial charge in [-0.25, -0.2) is 0 Å². The number of Topliss-reactive ketones (excluding diaryl/α,β-unsaturated/α-hetero) is 1. The van der Waals surface area contributed by atoms with Gasteiger partial charge in [-0.1, -0.05) is 12.2 Å². The molecule has 2 nitrogen and oxygen atoms in total. The van der Waals surface area contributed by atoms with Gasteiger partial charge in [0.05, 0.1) is 6.10 Å². The molecule has 0 saturated heterocycles. The van der Waals surface area contributed by atoms with Crippen molar-refractivity contribution in [2.45, 2.75) is 18.9 Å². The van der Waals surface area contributed by atoms with Gasteiger partial charge in [-0.05, 0) is 12.8 Å². The molecule has 3 unspecified atom stereocenters. The van der Waals surface area contributed by atoms with Gasteiger partial charge in [-0.2, -0.15) is 0 Å². The number of carbonyl (C=O) groups excluding carboxylic acids is 1. The number of rotatable bonds is 0. The van der Waals surface area contributed by atoms with Gasteiger partial charge in [-0.15, -0.1) is 0 Å². The number of hydrogen-bond donors (Lipinski definition) is 1. The quantitative estimate of drug-likeness (QED) is 0.495. The number of ketones is 1. The lowest BCUT2D eigenvalue weighted by atomic mass is 10.2. The van der Waals surface area contributed by atoms with Crippen LogP contribution in [0, 0.1) is 11.8 Å². The van der Waals surface area contributed by atoms with Crippen LogP contribution in [0.2, 0.25) is 0 Å².